The first-order valence-electron chi connectivity index (χ1n) is 9.81. The summed E-state index contributed by atoms with van der Waals surface area (Å²) in [7, 11) is -3.32. The molecule has 8 nitrogen and oxygen atoms in total. The minimum Gasteiger partial charge on any atom is -0.323 e. The van der Waals surface area contributed by atoms with Crippen molar-refractivity contribution in [1.29, 1.82) is 0 Å². The maximum atomic E-state index is 12.9. The van der Waals surface area contributed by atoms with Gasteiger partial charge in [-0.2, -0.15) is 0 Å². The molecule has 1 aliphatic heterocycles. The molecule has 9 heteroatoms. The lowest BCUT2D eigenvalue weighted by Gasteiger charge is -2.28. The van der Waals surface area contributed by atoms with Crippen molar-refractivity contribution in [2.45, 2.75) is 62.4 Å². The Morgan fingerprint density at radius 2 is 1.76 bits per heavy atom. The zero-order chi connectivity index (χ0) is 21.4. The smallest absolute Gasteiger partial charge is 0.323 e. The molecule has 2 aliphatic rings. The highest BCUT2D eigenvalue weighted by molar-refractivity contribution is 7.90. The molecule has 0 unspecified atom stereocenters. The summed E-state index contributed by atoms with van der Waals surface area (Å²) in [4.78, 5) is 40.8. The van der Waals surface area contributed by atoms with E-state index in [1.807, 2.05) is 13.8 Å². The lowest BCUT2D eigenvalue weighted by molar-refractivity contribution is -0.131. The Morgan fingerprint density at radius 1 is 1.17 bits per heavy atom. The molecule has 3 rings (SSSR count). The average molecular weight is 422 g/mol. The summed E-state index contributed by atoms with van der Waals surface area (Å²) < 4.78 is 23.3. The Labute approximate surface area is 171 Å². The zero-order valence-corrected chi connectivity index (χ0v) is 17.8. The van der Waals surface area contributed by atoms with Crippen molar-refractivity contribution in [2.75, 3.05) is 17.7 Å². The van der Waals surface area contributed by atoms with Gasteiger partial charge in [-0.3, -0.25) is 14.5 Å². The van der Waals surface area contributed by atoms with Gasteiger partial charge in [0.15, 0.2) is 9.84 Å². The van der Waals surface area contributed by atoms with E-state index in [1.54, 1.807) is 17.0 Å². The zero-order valence-electron chi connectivity index (χ0n) is 17.0. The summed E-state index contributed by atoms with van der Waals surface area (Å²) in [5.41, 5.74) is -0.207. The lowest BCUT2D eigenvalue weighted by atomic mass is 9.98. The summed E-state index contributed by atoms with van der Waals surface area (Å²) in [5.74, 6) is -0.471. The van der Waals surface area contributed by atoms with Gasteiger partial charge in [-0.1, -0.05) is 12.8 Å². The van der Waals surface area contributed by atoms with Gasteiger partial charge in [-0.15, -0.1) is 0 Å². The van der Waals surface area contributed by atoms with Crippen molar-refractivity contribution in [1.82, 2.24) is 10.2 Å². The highest BCUT2D eigenvalue weighted by Crippen LogP contribution is 2.35. The van der Waals surface area contributed by atoms with E-state index in [0.29, 0.717) is 18.5 Å². The minimum atomic E-state index is -3.32. The Morgan fingerprint density at radius 3 is 2.28 bits per heavy atom. The molecule has 0 radical (unpaired) electrons. The van der Waals surface area contributed by atoms with Gasteiger partial charge in [0.05, 0.1) is 4.90 Å². The number of nitrogens with one attached hydrogen (secondary N) is 1. The van der Waals surface area contributed by atoms with Crippen LogP contribution in [0.2, 0.25) is 0 Å². The van der Waals surface area contributed by atoms with Crippen LogP contribution in [0.4, 0.5) is 10.5 Å². The van der Waals surface area contributed by atoms with E-state index < -0.39 is 21.4 Å². The molecule has 4 amide bonds. The van der Waals surface area contributed by atoms with Gasteiger partial charge in [0.1, 0.15) is 5.54 Å². The fourth-order valence-corrected chi connectivity index (χ4v) is 4.74. The number of hydrogen-bond donors (Lipinski definition) is 1. The second-order valence-corrected chi connectivity index (χ2v) is 10.1. The lowest BCUT2D eigenvalue weighted by Crippen LogP contribution is -2.44. The van der Waals surface area contributed by atoms with E-state index >= 15 is 0 Å². The van der Waals surface area contributed by atoms with Gasteiger partial charge in [-0.25, -0.2) is 13.2 Å². The maximum Gasteiger partial charge on any atom is 0.325 e. The van der Waals surface area contributed by atoms with Crippen LogP contribution in [0.15, 0.2) is 29.2 Å². The van der Waals surface area contributed by atoms with E-state index in [4.69, 9.17) is 0 Å². The Balaban J connectivity index is 1.71. The second kappa shape index (κ2) is 7.78. The van der Waals surface area contributed by atoms with Gasteiger partial charge >= 0.3 is 6.03 Å². The molecule has 0 bridgehead atoms. The normalized spacial score (nSPS) is 18.6. The van der Waals surface area contributed by atoms with E-state index in [0.717, 1.165) is 24.0 Å². The molecule has 0 aromatic heterocycles. The third-order valence-electron chi connectivity index (χ3n) is 5.58. The van der Waals surface area contributed by atoms with Gasteiger partial charge in [0.2, 0.25) is 5.91 Å². The van der Waals surface area contributed by atoms with Crippen LogP contribution >= 0.6 is 0 Å². The Hall–Kier alpha value is -2.42. The predicted molar refractivity (Wildman–Crippen MR) is 108 cm³/mol. The number of amides is 4. The number of benzene rings is 1. The predicted octanol–water partition coefficient (Wildman–Crippen LogP) is 2.09. The largest absolute Gasteiger partial charge is 0.325 e. The molecule has 1 aromatic carbocycles. The Bertz CT molecular complexity index is 918. The number of hydrogen-bond acceptors (Lipinski definition) is 5. The average Bonchev–Trinajstić information content (AvgIpc) is 3.19. The fraction of sp³-hybridized carbons (Fsp3) is 0.550. The third kappa shape index (κ3) is 4.14. The molecule has 1 heterocycles. The number of carbonyl (C=O) groups excluding carboxylic acids is 3. The van der Waals surface area contributed by atoms with Crippen molar-refractivity contribution in [3.63, 3.8) is 0 Å². The number of sulfone groups is 1. The van der Waals surface area contributed by atoms with Crippen LogP contribution in [0.1, 0.15) is 46.0 Å². The van der Waals surface area contributed by atoms with Crippen molar-refractivity contribution >= 4 is 33.4 Å². The molecule has 1 aliphatic carbocycles. The molecule has 158 valence electrons. The van der Waals surface area contributed by atoms with Crippen molar-refractivity contribution in [3.8, 4) is 0 Å². The molecule has 1 saturated heterocycles. The molecule has 0 atom stereocenters. The Kier molecular flexibility index (Phi) is 5.71. The first kappa shape index (κ1) is 21.3. The van der Waals surface area contributed by atoms with Crippen molar-refractivity contribution < 1.29 is 22.8 Å². The fourth-order valence-electron chi connectivity index (χ4n) is 4.11. The summed E-state index contributed by atoms with van der Waals surface area (Å²) in [5, 5.41) is 2.81. The SMILES string of the molecule is CC(C)N(C(=O)CCN1C(=O)NC2(CCCC2)C1=O)c1ccc(S(C)(=O)=O)cc1. The molecule has 1 N–H and O–H groups in total. The van der Waals surface area contributed by atoms with Crippen LogP contribution in [0.5, 0.6) is 0 Å². The monoisotopic (exact) mass is 421 g/mol. The number of anilines is 1. The van der Waals surface area contributed by atoms with Gasteiger partial charge in [0, 0.05) is 31.0 Å². The number of urea groups is 1. The standard InChI is InChI=1S/C20H27N3O5S/c1-14(2)23(15-6-8-16(9-7-15)29(3,27)28)17(24)10-13-22-18(25)20(21-19(22)26)11-4-5-12-20/h6-9,14H,4-5,10-13H2,1-3H3,(H,21,26). The molecule has 29 heavy (non-hydrogen) atoms. The molecule has 1 spiro atoms. The first-order valence-corrected chi connectivity index (χ1v) is 11.7. The minimum absolute atomic E-state index is 0.00124. The summed E-state index contributed by atoms with van der Waals surface area (Å²) >= 11 is 0. The molecular weight excluding hydrogens is 394 g/mol. The number of nitrogens with zero attached hydrogens (tertiary/aromatic N) is 2. The van der Waals surface area contributed by atoms with Crippen LogP contribution in [0.25, 0.3) is 0 Å². The third-order valence-corrected chi connectivity index (χ3v) is 6.71. The molecule has 1 saturated carbocycles. The second-order valence-electron chi connectivity index (χ2n) is 8.05. The highest BCUT2D eigenvalue weighted by Gasteiger charge is 2.52. The highest BCUT2D eigenvalue weighted by atomic mass is 32.2. The quantitative estimate of drug-likeness (QED) is 0.709. The van der Waals surface area contributed by atoms with Crippen LogP contribution in [0.3, 0.4) is 0 Å². The van der Waals surface area contributed by atoms with E-state index in [2.05, 4.69) is 5.32 Å². The number of carbonyl (C=O) groups is 3. The topological polar surface area (TPSA) is 104 Å². The van der Waals surface area contributed by atoms with E-state index in [-0.39, 0.29) is 35.7 Å². The summed E-state index contributed by atoms with van der Waals surface area (Å²) in [6.07, 6.45) is 4.23. The number of imide groups is 1. The van der Waals surface area contributed by atoms with Gasteiger partial charge in [0.25, 0.3) is 5.91 Å². The van der Waals surface area contributed by atoms with E-state index in [9.17, 15) is 22.8 Å². The van der Waals surface area contributed by atoms with Crippen LogP contribution in [-0.2, 0) is 19.4 Å². The first-order chi connectivity index (χ1) is 13.5. The van der Waals surface area contributed by atoms with E-state index in [1.165, 1.54) is 12.1 Å². The van der Waals surface area contributed by atoms with Crippen LogP contribution < -0.4 is 10.2 Å². The molecule has 1 aromatic rings. The molecular formula is C20H27N3O5S. The summed E-state index contributed by atoms with van der Waals surface area (Å²) in [6, 6.07) is 5.52. The van der Waals surface area contributed by atoms with Gasteiger partial charge in [-0.05, 0) is 51.0 Å². The van der Waals surface area contributed by atoms with Crippen molar-refractivity contribution in [2.24, 2.45) is 0 Å². The van der Waals surface area contributed by atoms with Crippen LogP contribution in [-0.4, -0.2) is 55.5 Å². The van der Waals surface area contributed by atoms with Crippen LogP contribution in [0, 0.1) is 0 Å². The van der Waals surface area contributed by atoms with Crippen molar-refractivity contribution in [3.05, 3.63) is 24.3 Å². The van der Waals surface area contributed by atoms with Gasteiger partial charge < -0.3 is 10.2 Å². The number of rotatable bonds is 6. The maximum absolute atomic E-state index is 12.9. The molecule has 2 fully saturated rings. The summed E-state index contributed by atoms with van der Waals surface area (Å²) in [6.45, 7) is 3.73.